The molecule has 0 atom stereocenters. The molecule has 1 aromatic heterocycles. The number of benzene rings is 2. The molecule has 2 aromatic carbocycles. The third-order valence-corrected chi connectivity index (χ3v) is 3.81. The number of hydrogen-bond acceptors (Lipinski definition) is 2. The van der Waals surface area contributed by atoms with Gasteiger partial charge in [-0.05, 0) is 48.2 Å². The summed E-state index contributed by atoms with van der Waals surface area (Å²) in [5, 5.41) is 0. The molecule has 3 heteroatoms. The van der Waals surface area contributed by atoms with Crippen molar-refractivity contribution in [2.45, 2.75) is 26.2 Å². The summed E-state index contributed by atoms with van der Waals surface area (Å²) < 4.78 is 5.18. The zero-order chi connectivity index (χ0) is 14.7. The highest BCUT2D eigenvalue weighted by Gasteiger charge is 2.04. The number of methoxy groups -OCH3 is 1. The van der Waals surface area contributed by atoms with Crippen LogP contribution in [0.4, 0.5) is 0 Å². The summed E-state index contributed by atoms with van der Waals surface area (Å²) in [6.45, 7) is 2.17. The Morgan fingerprint density at radius 3 is 2.48 bits per heavy atom. The predicted molar refractivity (Wildman–Crippen MR) is 85.9 cm³/mol. The van der Waals surface area contributed by atoms with Crippen LogP contribution < -0.4 is 4.74 Å². The van der Waals surface area contributed by atoms with E-state index in [4.69, 9.17) is 4.74 Å². The van der Waals surface area contributed by atoms with Crippen LogP contribution in [0.5, 0.6) is 5.75 Å². The summed E-state index contributed by atoms with van der Waals surface area (Å²) in [7, 11) is 1.69. The molecule has 0 saturated carbocycles. The van der Waals surface area contributed by atoms with Gasteiger partial charge in [0.25, 0.3) is 0 Å². The van der Waals surface area contributed by atoms with Gasteiger partial charge in [-0.3, -0.25) is 0 Å². The first kappa shape index (κ1) is 13.7. The van der Waals surface area contributed by atoms with Crippen LogP contribution in [0.1, 0.15) is 23.9 Å². The van der Waals surface area contributed by atoms with Gasteiger partial charge < -0.3 is 9.72 Å². The molecule has 0 amide bonds. The van der Waals surface area contributed by atoms with E-state index in [2.05, 4.69) is 47.2 Å². The van der Waals surface area contributed by atoms with Crippen molar-refractivity contribution in [1.82, 2.24) is 9.97 Å². The van der Waals surface area contributed by atoms with E-state index in [0.717, 1.165) is 41.9 Å². The molecular weight excluding hydrogens is 260 g/mol. The van der Waals surface area contributed by atoms with Crippen LogP contribution in [-0.2, 0) is 19.3 Å². The van der Waals surface area contributed by atoms with Gasteiger partial charge in [-0.1, -0.05) is 25.1 Å². The van der Waals surface area contributed by atoms with Crippen molar-refractivity contribution in [2.24, 2.45) is 0 Å². The average Bonchev–Trinajstić information content (AvgIpc) is 2.95. The number of aromatic nitrogens is 2. The topological polar surface area (TPSA) is 37.9 Å². The molecule has 0 aliphatic carbocycles. The smallest absolute Gasteiger partial charge is 0.118 e. The summed E-state index contributed by atoms with van der Waals surface area (Å²) in [4.78, 5) is 8.08. The fraction of sp³-hybridized carbons (Fsp3) is 0.278. The van der Waals surface area contributed by atoms with E-state index >= 15 is 0 Å². The normalized spacial score (nSPS) is 11.0. The molecular formula is C18H20N2O. The number of aromatic amines is 1. The fourth-order valence-corrected chi connectivity index (χ4v) is 2.50. The summed E-state index contributed by atoms with van der Waals surface area (Å²) in [6, 6.07) is 14.7. The van der Waals surface area contributed by atoms with Crippen molar-refractivity contribution in [2.75, 3.05) is 7.11 Å². The molecule has 0 bridgehead atoms. The number of rotatable bonds is 5. The van der Waals surface area contributed by atoms with Gasteiger partial charge in [-0.25, -0.2) is 4.98 Å². The Bertz CT molecular complexity index is 729. The van der Waals surface area contributed by atoms with E-state index in [1.165, 1.54) is 11.1 Å². The van der Waals surface area contributed by atoms with Crippen molar-refractivity contribution in [3.8, 4) is 5.75 Å². The number of imidazole rings is 1. The number of H-pyrrole nitrogens is 1. The van der Waals surface area contributed by atoms with E-state index in [9.17, 15) is 0 Å². The Labute approximate surface area is 125 Å². The van der Waals surface area contributed by atoms with Crippen molar-refractivity contribution in [3.63, 3.8) is 0 Å². The van der Waals surface area contributed by atoms with E-state index < -0.39 is 0 Å². The monoisotopic (exact) mass is 280 g/mol. The SMILES string of the molecule is CCc1ccc2nc(CCc3ccc(OC)cc3)[nH]c2c1. The fourth-order valence-electron chi connectivity index (χ4n) is 2.50. The minimum absolute atomic E-state index is 0.898. The van der Waals surface area contributed by atoms with E-state index in [0.29, 0.717) is 0 Å². The van der Waals surface area contributed by atoms with Gasteiger partial charge in [0.15, 0.2) is 0 Å². The molecule has 3 aromatic rings. The summed E-state index contributed by atoms with van der Waals surface area (Å²) in [6.07, 6.45) is 2.95. The first-order chi connectivity index (χ1) is 10.3. The van der Waals surface area contributed by atoms with Crippen molar-refractivity contribution in [3.05, 3.63) is 59.4 Å². The number of fused-ring (bicyclic) bond motifs is 1. The molecule has 0 spiro atoms. The van der Waals surface area contributed by atoms with Gasteiger partial charge in [0.2, 0.25) is 0 Å². The first-order valence-electron chi connectivity index (χ1n) is 7.39. The second-order valence-electron chi connectivity index (χ2n) is 5.24. The molecule has 1 N–H and O–H groups in total. The first-order valence-corrected chi connectivity index (χ1v) is 7.39. The van der Waals surface area contributed by atoms with Gasteiger partial charge in [0.05, 0.1) is 18.1 Å². The molecule has 0 aliphatic heterocycles. The van der Waals surface area contributed by atoms with Crippen LogP contribution in [0.25, 0.3) is 11.0 Å². The quantitative estimate of drug-likeness (QED) is 0.769. The highest BCUT2D eigenvalue weighted by molar-refractivity contribution is 5.75. The molecule has 108 valence electrons. The molecule has 3 nitrogen and oxygen atoms in total. The Balaban J connectivity index is 1.72. The largest absolute Gasteiger partial charge is 0.497 e. The minimum atomic E-state index is 0.898. The zero-order valence-electron chi connectivity index (χ0n) is 12.5. The lowest BCUT2D eigenvalue weighted by molar-refractivity contribution is 0.414. The van der Waals surface area contributed by atoms with Gasteiger partial charge in [-0.2, -0.15) is 0 Å². The summed E-state index contributed by atoms with van der Waals surface area (Å²) in [5.41, 5.74) is 4.83. The van der Waals surface area contributed by atoms with Crippen LogP contribution in [0.3, 0.4) is 0 Å². The van der Waals surface area contributed by atoms with E-state index in [1.54, 1.807) is 7.11 Å². The standard InChI is InChI=1S/C18H20N2O/c1-3-13-6-10-16-17(12-13)20-18(19-16)11-7-14-4-8-15(21-2)9-5-14/h4-6,8-10,12H,3,7,11H2,1-2H3,(H,19,20). The molecule has 0 aliphatic rings. The van der Waals surface area contributed by atoms with Crippen molar-refractivity contribution >= 4 is 11.0 Å². The maximum atomic E-state index is 5.18. The summed E-state index contributed by atoms with van der Waals surface area (Å²) >= 11 is 0. The highest BCUT2D eigenvalue weighted by Crippen LogP contribution is 2.16. The Morgan fingerprint density at radius 1 is 1.00 bits per heavy atom. The van der Waals surface area contributed by atoms with E-state index in [1.807, 2.05) is 12.1 Å². The molecule has 21 heavy (non-hydrogen) atoms. The van der Waals surface area contributed by atoms with Crippen LogP contribution in [0, 0.1) is 0 Å². The molecule has 0 fully saturated rings. The maximum Gasteiger partial charge on any atom is 0.118 e. The summed E-state index contributed by atoms with van der Waals surface area (Å²) in [5.74, 6) is 1.95. The zero-order valence-corrected chi connectivity index (χ0v) is 12.5. The lowest BCUT2D eigenvalue weighted by atomic mass is 10.1. The number of nitrogens with zero attached hydrogens (tertiary/aromatic N) is 1. The predicted octanol–water partition coefficient (Wildman–Crippen LogP) is 3.92. The van der Waals surface area contributed by atoms with Gasteiger partial charge in [-0.15, -0.1) is 0 Å². The molecule has 0 radical (unpaired) electrons. The number of aryl methyl sites for hydroxylation is 3. The third kappa shape index (κ3) is 3.07. The van der Waals surface area contributed by atoms with Gasteiger partial charge in [0, 0.05) is 6.42 Å². The Kier molecular flexibility index (Phi) is 3.91. The Morgan fingerprint density at radius 2 is 1.76 bits per heavy atom. The lowest BCUT2D eigenvalue weighted by Crippen LogP contribution is -1.93. The second kappa shape index (κ2) is 6.00. The Hall–Kier alpha value is -2.29. The van der Waals surface area contributed by atoms with Crippen LogP contribution in [0.15, 0.2) is 42.5 Å². The van der Waals surface area contributed by atoms with Crippen LogP contribution in [0.2, 0.25) is 0 Å². The third-order valence-electron chi connectivity index (χ3n) is 3.81. The number of ether oxygens (including phenoxy) is 1. The van der Waals surface area contributed by atoms with Crippen molar-refractivity contribution in [1.29, 1.82) is 0 Å². The molecule has 3 rings (SSSR count). The lowest BCUT2D eigenvalue weighted by Gasteiger charge is -2.02. The maximum absolute atomic E-state index is 5.18. The highest BCUT2D eigenvalue weighted by atomic mass is 16.5. The van der Waals surface area contributed by atoms with Crippen LogP contribution >= 0.6 is 0 Å². The van der Waals surface area contributed by atoms with Gasteiger partial charge >= 0.3 is 0 Å². The second-order valence-corrected chi connectivity index (χ2v) is 5.24. The van der Waals surface area contributed by atoms with E-state index in [-0.39, 0.29) is 0 Å². The molecule has 0 unspecified atom stereocenters. The molecule has 0 saturated heterocycles. The minimum Gasteiger partial charge on any atom is -0.497 e. The number of hydrogen-bond donors (Lipinski definition) is 1. The average molecular weight is 280 g/mol. The van der Waals surface area contributed by atoms with Gasteiger partial charge in [0.1, 0.15) is 11.6 Å². The molecule has 1 heterocycles. The van der Waals surface area contributed by atoms with Crippen LogP contribution in [-0.4, -0.2) is 17.1 Å². The van der Waals surface area contributed by atoms with Crippen molar-refractivity contribution < 1.29 is 4.74 Å². The number of nitrogens with one attached hydrogen (secondary N) is 1.